The Kier molecular flexibility index (Phi) is 4.93. The first-order valence-electron chi connectivity index (χ1n) is 11.4. The molecule has 152 valence electrons. The number of rotatable bonds is 4. The molecule has 1 N–H and O–H groups in total. The van der Waals surface area contributed by atoms with E-state index in [9.17, 15) is 4.39 Å². The largest absolute Gasteiger partial charge is 0.378 e. The normalized spacial score (nSPS) is 23.5. The third-order valence-electron chi connectivity index (χ3n) is 7.41. The van der Waals surface area contributed by atoms with Gasteiger partial charge in [-0.05, 0) is 91.3 Å². The molecular weight excluding hydrogens is 359 g/mol. The van der Waals surface area contributed by atoms with Crippen molar-refractivity contribution in [2.24, 2.45) is 4.99 Å². The van der Waals surface area contributed by atoms with Crippen LogP contribution in [0.2, 0.25) is 0 Å². The highest BCUT2D eigenvalue weighted by molar-refractivity contribution is 6.01. The van der Waals surface area contributed by atoms with Crippen LogP contribution in [0.4, 0.5) is 10.1 Å². The Balaban J connectivity index is 1.53. The van der Waals surface area contributed by atoms with Crippen molar-refractivity contribution in [2.45, 2.75) is 82.2 Å². The lowest BCUT2D eigenvalue weighted by Crippen LogP contribution is -2.34. The number of hydrogen-bond acceptors (Lipinski definition) is 2. The van der Waals surface area contributed by atoms with E-state index in [4.69, 9.17) is 4.99 Å². The average molecular weight is 391 g/mol. The summed E-state index contributed by atoms with van der Waals surface area (Å²) >= 11 is 0. The van der Waals surface area contributed by atoms with E-state index in [1.807, 2.05) is 6.07 Å². The Bertz CT molecular complexity index is 922. The van der Waals surface area contributed by atoms with Crippen molar-refractivity contribution in [3.05, 3.63) is 65.0 Å². The van der Waals surface area contributed by atoms with Crippen molar-refractivity contribution >= 4 is 11.4 Å². The molecule has 1 heterocycles. The predicted molar refractivity (Wildman–Crippen MR) is 118 cm³/mol. The van der Waals surface area contributed by atoms with Crippen LogP contribution in [0.15, 0.2) is 47.5 Å². The maximum Gasteiger partial charge on any atom is 0.123 e. The van der Waals surface area contributed by atoms with Gasteiger partial charge in [0.2, 0.25) is 0 Å². The van der Waals surface area contributed by atoms with E-state index in [-0.39, 0.29) is 17.3 Å². The van der Waals surface area contributed by atoms with Gasteiger partial charge in [0.05, 0.1) is 12.1 Å². The van der Waals surface area contributed by atoms with E-state index in [2.05, 4.69) is 36.5 Å². The molecule has 2 fully saturated rings. The fourth-order valence-electron chi connectivity index (χ4n) is 5.58. The highest BCUT2D eigenvalue weighted by atomic mass is 19.1. The molecule has 2 aliphatic carbocycles. The molecule has 3 aliphatic rings. The summed E-state index contributed by atoms with van der Waals surface area (Å²) in [7, 11) is 0. The minimum Gasteiger partial charge on any atom is -0.378 e. The zero-order valence-corrected chi connectivity index (χ0v) is 17.4. The van der Waals surface area contributed by atoms with E-state index in [1.54, 1.807) is 6.07 Å². The van der Waals surface area contributed by atoms with Gasteiger partial charge in [-0.3, -0.25) is 4.99 Å². The van der Waals surface area contributed by atoms with Gasteiger partial charge in [-0.25, -0.2) is 4.39 Å². The van der Waals surface area contributed by atoms with E-state index in [1.165, 1.54) is 73.5 Å². The number of benzene rings is 2. The Hall–Kier alpha value is -2.16. The second-order valence-corrected chi connectivity index (χ2v) is 9.22. The minimum atomic E-state index is -0.147. The molecule has 0 amide bonds. The molecule has 5 rings (SSSR count). The first-order valence-corrected chi connectivity index (χ1v) is 11.4. The zero-order chi connectivity index (χ0) is 19.8. The van der Waals surface area contributed by atoms with Gasteiger partial charge in [-0.2, -0.15) is 0 Å². The van der Waals surface area contributed by atoms with E-state index in [0.29, 0.717) is 6.04 Å². The van der Waals surface area contributed by atoms with Gasteiger partial charge in [0.15, 0.2) is 0 Å². The summed E-state index contributed by atoms with van der Waals surface area (Å²) in [5.74, 6) is -0.147. The molecule has 0 aromatic heterocycles. The molecule has 2 saturated carbocycles. The topological polar surface area (TPSA) is 24.4 Å². The average Bonchev–Trinajstić information content (AvgIpc) is 3.16. The van der Waals surface area contributed by atoms with Crippen LogP contribution in [0.1, 0.15) is 87.4 Å². The number of fused-ring (bicyclic) bond motifs is 2. The number of nitrogens with zero attached hydrogens (tertiary/aromatic N) is 1. The van der Waals surface area contributed by atoms with Crippen molar-refractivity contribution in [1.29, 1.82) is 0 Å². The van der Waals surface area contributed by atoms with Crippen LogP contribution in [0.5, 0.6) is 0 Å². The molecule has 2 nitrogen and oxygen atoms in total. The molecule has 1 spiro atoms. The summed E-state index contributed by atoms with van der Waals surface area (Å²) < 4.78 is 13.9. The quantitative estimate of drug-likeness (QED) is 0.561. The van der Waals surface area contributed by atoms with E-state index < -0.39 is 0 Å². The zero-order valence-electron chi connectivity index (χ0n) is 17.4. The van der Waals surface area contributed by atoms with Crippen molar-refractivity contribution in [3.8, 4) is 0 Å². The standard InChI is InChI=1S/C26H31FN2/c1-2-23(28-21-9-6-10-21)19-11-12-24-22(16-19)26(13-3-4-14-26)17-25(29-24)18-7-5-8-20(27)15-18/h5,7-8,11-12,15-16,21,25,29H,2-4,6,9-10,13-14,17H2,1H3. The van der Waals surface area contributed by atoms with Crippen molar-refractivity contribution < 1.29 is 4.39 Å². The second kappa shape index (κ2) is 7.59. The lowest BCUT2D eigenvalue weighted by atomic mass is 9.69. The fraction of sp³-hybridized carbons (Fsp3) is 0.500. The van der Waals surface area contributed by atoms with Crippen LogP contribution in [-0.2, 0) is 5.41 Å². The SMILES string of the molecule is CCC(=NC1CCC1)c1ccc2c(c1)C1(CCCC1)CC(c1cccc(F)c1)N2. The smallest absolute Gasteiger partial charge is 0.123 e. The maximum atomic E-state index is 13.9. The number of hydrogen-bond donors (Lipinski definition) is 1. The Morgan fingerprint density at radius 2 is 1.93 bits per heavy atom. The monoisotopic (exact) mass is 390 g/mol. The molecule has 1 unspecified atom stereocenters. The number of nitrogens with one attached hydrogen (secondary N) is 1. The molecule has 0 radical (unpaired) electrons. The molecule has 0 bridgehead atoms. The molecule has 3 heteroatoms. The Morgan fingerprint density at radius 3 is 2.62 bits per heavy atom. The van der Waals surface area contributed by atoms with Gasteiger partial charge >= 0.3 is 0 Å². The summed E-state index contributed by atoms with van der Waals surface area (Å²) in [5, 5.41) is 3.73. The van der Waals surface area contributed by atoms with Crippen LogP contribution in [0.3, 0.4) is 0 Å². The minimum absolute atomic E-state index is 0.147. The number of halogens is 1. The van der Waals surface area contributed by atoms with Gasteiger partial charge < -0.3 is 5.32 Å². The predicted octanol–water partition coefficient (Wildman–Crippen LogP) is 6.95. The lowest BCUT2D eigenvalue weighted by molar-refractivity contribution is 0.366. The molecule has 2 aromatic carbocycles. The lowest BCUT2D eigenvalue weighted by Gasteiger charge is -2.41. The van der Waals surface area contributed by atoms with Crippen LogP contribution < -0.4 is 5.32 Å². The van der Waals surface area contributed by atoms with Gasteiger partial charge in [0, 0.05) is 11.4 Å². The van der Waals surface area contributed by atoms with Crippen LogP contribution in [0, 0.1) is 5.82 Å². The van der Waals surface area contributed by atoms with Crippen molar-refractivity contribution in [3.63, 3.8) is 0 Å². The van der Waals surface area contributed by atoms with Crippen molar-refractivity contribution in [2.75, 3.05) is 5.32 Å². The summed E-state index contributed by atoms with van der Waals surface area (Å²) in [6.45, 7) is 2.22. The summed E-state index contributed by atoms with van der Waals surface area (Å²) in [6.07, 6.45) is 10.9. The summed E-state index contributed by atoms with van der Waals surface area (Å²) in [4.78, 5) is 5.06. The van der Waals surface area contributed by atoms with Gasteiger partial charge in [-0.15, -0.1) is 0 Å². The fourth-order valence-corrected chi connectivity index (χ4v) is 5.58. The van der Waals surface area contributed by atoms with Gasteiger partial charge in [-0.1, -0.05) is 38.0 Å². The van der Waals surface area contributed by atoms with Crippen molar-refractivity contribution in [1.82, 2.24) is 0 Å². The molecule has 2 aromatic rings. The summed E-state index contributed by atoms with van der Waals surface area (Å²) in [5.41, 5.74) is 6.54. The third kappa shape index (κ3) is 3.49. The molecule has 29 heavy (non-hydrogen) atoms. The van der Waals surface area contributed by atoms with Crippen LogP contribution in [-0.4, -0.2) is 11.8 Å². The van der Waals surface area contributed by atoms with E-state index >= 15 is 0 Å². The number of anilines is 1. The first kappa shape index (κ1) is 18.8. The van der Waals surface area contributed by atoms with Crippen LogP contribution >= 0.6 is 0 Å². The maximum absolute atomic E-state index is 13.9. The number of aliphatic imine (C=N–C) groups is 1. The highest BCUT2D eigenvalue weighted by Gasteiger charge is 2.43. The third-order valence-corrected chi connectivity index (χ3v) is 7.41. The molecule has 1 aliphatic heterocycles. The molecule has 1 atom stereocenters. The highest BCUT2D eigenvalue weighted by Crippen LogP contribution is 2.53. The van der Waals surface area contributed by atoms with Gasteiger partial charge in [0.25, 0.3) is 0 Å². The first-order chi connectivity index (χ1) is 14.2. The molecular formula is C26H31FN2. The second-order valence-electron chi connectivity index (χ2n) is 9.22. The van der Waals surface area contributed by atoms with E-state index in [0.717, 1.165) is 18.4 Å². The Morgan fingerprint density at radius 1 is 1.10 bits per heavy atom. The Labute approximate surface area is 173 Å². The van der Waals surface area contributed by atoms with Crippen LogP contribution in [0.25, 0.3) is 0 Å². The van der Waals surface area contributed by atoms with Gasteiger partial charge in [0.1, 0.15) is 5.82 Å². The summed E-state index contributed by atoms with van der Waals surface area (Å²) in [6, 6.07) is 14.8. The molecule has 0 saturated heterocycles.